The second-order valence-electron chi connectivity index (χ2n) is 6.78. The maximum atomic E-state index is 12.6. The summed E-state index contributed by atoms with van der Waals surface area (Å²) in [4.78, 5) is 12.6. The van der Waals surface area contributed by atoms with E-state index in [4.69, 9.17) is 32.7 Å². The van der Waals surface area contributed by atoms with Crippen LogP contribution in [0.1, 0.15) is 23.1 Å². The highest BCUT2D eigenvalue weighted by Crippen LogP contribution is 2.29. The van der Waals surface area contributed by atoms with Crippen LogP contribution in [0.4, 0.5) is 5.82 Å². The van der Waals surface area contributed by atoms with E-state index in [0.717, 1.165) is 16.7 Å². The van der Waals surface area contributed by atoms with Gasteiger partial charge in [0.05, 0.1) is 37.0 Å². The van der Waals surface area contributed by atoms with Crippen LogP contribution in [0.15, 0.2) is 42.6 Å². The molecule has 1 N–H and O–H groups in total. The fraction of sp³-hybridized carbons (Fsp3) is 0.273. The molecule has 2 aromatic carbocycles. The Bertz CT molecular complexity index is 1050. The second kappa shape index (κ2) is 9.87. The minimum atomic E-state index is -0.122. The predicted molar refractivity (Wildman–Crippen MR) is 119 cm³/mol. The molecule has 8 heteroatoms. The molecule has 3 aromatic rings. The molecule has 0 aliphatic heterocycles. The molecule has 3 rings (SSSR count). The van der Waals surface area contributed by atoms with E-state index in [0.29, 0.717) is 40.3 Å². The van der Waals surface area contributed by atoms with Crippen molar-refractivity contribution in [3.63, 3.8) is 0 Å². The summed E-state index contributed by atoms with van der Waals surface area (Å²) in [5.41, 5.74) is 2.69. The molecule has 0 atom stereocenters. The number of nitrogens with zero attached hydrogens (tertiary/aromatic N) is 2. The number of amides is 1. The fourth-order valence-corrected chi connectivity index (χ4v) is 3.51. The number of hydrogen-bond donors (Lipinski definition) is 1. The number of aromatic nitrogens is 2. The Balaban J connectivity index is 1.70. The summed E-state index contributed by atoms with van der Waals surface area (Å²) in [5, 5.41) is 8.33. The van der Waals surface area contributed by atoms with Gasteiger partial charge >= 0.3 is 0 Å². The van der Waals surface area contributed by atoms with Gasteiger partial charge in [-0.15, -0.1) is 0 Å². The minimum Gasteiger partial charge on any atom is -0.493 e. The first-order chi connectivity index (χ1) is 14.4. The zero-order valence-electron chi connectivity index (χ0n) is 17.0. The lowest BCUT2D eigenvalue weighted by Crippen LogP contribution is -2.17. The predicted octanol–water partition coefficient (Wildman–Crippen LogP) is 5.14. The summed E-state index contributed by atoms with van der Waals surface area (Å²) in [6.45, 7) is 2.38. The van der Waals surface area contributed by atoms with Gasteiger partial charge in [0.2, 0.25) is 5.91 Å². The molecule has 30 heavy (non-hydrogen) atoms. The van der Waals surface area contributed by atoms with Crippen LogP contribution in [0.3, 0.4) is 0 Å². The number of carbonyl (C=O) groups excluding carboxylic acids is 1. The Morgan fingerprint density at radius 3 is 2.63 bits per heavy atom. The van der Waals surface area contributed by atoms with Crippen molar-refractivity contribution in [3.05, 3.63) is 69.3 Å². The molecule has 0 radical (unpaired) electrons. The van der Waals surface area contributed by atoms with Crippen molar-refractivity contribution in [1.29, 1.82) is 0 Å². The van der Waals surface area contributed by atoms with Gasteiger partial charge in [-0.25, -0.2) is 4.68 Å². The minimum absolute atomic E-state index is 0.122. The number of ether oxygens (including phenoxy) is 2. The van der Waals surface area contributed by atoms with Gasteiger partial charge in [-0.2, -0.15) is 5.10 Å². The molecule has 158 valence electrons. The number of anilines is 1. The van der Waals surface area contributed by atoms with E-state index in [1.165, 1.54) is 0 Å². The zero-order chi connectivity index (χ0) is 21.7. The molecule has 0 aliphatic carbocycles. The third kappa shape index (κ3) is 5.07. The summed E-state index contributed by atoms with van der Waals surface area (Å²) >= 11 is 12.3. The van der Waals surface area contributed by atoms with Crippen molar-refractivity contribution in [2.45, 2.75) is 26.3 Å². The highest BCUT2D eigenvalue weighted by molar-refractivity contribution is 6.42. The lowest BCUT2D eigenvalue weighted by Gasteiger charge is -2.13. The lowest BCUT2D eigenvalue weighted by atomic mass is 10.1. The standard InChI is InChI=1S/C22H23Cl2N3O3/c1-14-12-25-27(13-15-7-9-18(29-2)19(11-15)30-3)22(14)26-20(28)10-8-16-5-4-6-17(23)21(16)24/h4-7,9,11-12H,8,10,13H2,1-3H3,(H,26,28). The Labute approximate surface area is 185 Å². The number of aryl methyl sites for hydroxylation is 2. The van der Waals surface area contributed by atoms with Gasteiger partial charge in [-0.3, -0.25) is 4.79 Å². The van der Waals surface area contributed by atoms with Crippen molar-refractivity contribution >= 4 is 34.9 Å². The summed E-state index contributed by atoms with van der Waals surface area (Å²) in [7, 11) is 3.19. The van der Waals surface area contributed by atoms with Crippen LogP contribution in [0.5, 0.6) is 11.5 Å². The summed E-state index contributed by atoms with van der Waals surface area (Å²) in [6, 6.07) is 11.1. The van der Waals surface area contributed by atoms with Crippen LogP contribution in [-0.2, 0) is 17.8 Å². The van der Waals surface area contributed by atoms with Gasteiger partial charge in [-0.05, 0) is 42.7 Å². The first-order valence-corrected chi connectivity index (χ1v) is 10.1. The van der Waals surface area contributed by atoms with Crippen molar-refractivity contribution in [3.8, 4) is 11.5 Å². The molecule has 1 amide bonds. The van der Waals surface area contributed by atoms with Crippen molar-refractivity contribution in [1.82, 2.24) is 9.78 Å². The molecule has 0 spiro atoms. The maximum Gasteiger partial charge on any atom is 0.225 e. The molecule has 6 nitrogen and oxygen atoms in total. The van der Waals surface area contributed by atoms with Gasteiger partial charge in [0, 0.05) is 12.0 Å². The van der Waals surface area contributed by atoms with E-state index in [2.05, 4.69) is 10.4 Å². The number of rotatable bonds is 8. The molecule has 0 bridgehead atoms. The highest BCUT2D eigenvalue weighted by atomic mass is 35.5. The molecular weight excluding hydrogens is 425 g/mol. The molecule has 0 unspecified atom stereocenters. The van der Waals surface area contributed by atoms with Gasteiger partial charge in [0.25, 0.3) is 0 Å². The number of methoxy groups -OCH3 is 2. The van der Waals surface area contributed by atoms with Gasteiger partial charge in [-0.1, -0.05) is 41.4 Å². The molecular formula is C22H23Cl2N3O3. The molecule has 0 aliphatic rings. The fourth-order valence-electron chi connectivity index (χ4n) is 3.10. The largest absolute Gasteiger partial charge is 0.493 e. The van der Waals surface area contributed by atoms with Crippen LogP contribution in [0.2, 0.25) is 10.0 Å². The van der Waals surface area contributed by atoms with Crippen LogP contribution in [0, 0.1) is 6.92 Å². The monoisotopic (exact) mass is 447 g/mol. The number of halogens is 2. The van der Waals surface area contributed by atoms with E-state index < -0.39 is 0 Å². The van der Waals surface area contributed by atoms with Crippen molar-refractivity contribution in [2.24, 2.45) is 0 Å². The molecule has 1 aromatic heterocycles. The summed E-state index contributed by atoms with van der Waals surface area (Å²) in [6.07, 6.45) is 2.50. The highest BCUT2D eigenvalue weighted by Gasteiger charge is 2.14. The first-order valence-electron chi connectivity index (χ1n) is 9.39. The second-order valence-corrected chi connectivity index (χ2v) is 7.57. The molecule has 0 saturated heterocycles. The Hall–Kier alpha value is -2.70. The molecule has 0 fully saturated rings. The summed E-state index contributed by atoms with van der Waals surface area (Å²) in [5.74, 6) is 1.84. The van der Waals surface area contributed by atoms with Gasteiger partial charge in [0.15, 0.2) is 11.5 Å². The average molecular weight is 448 g/mol. The van der Waals surface area contributed by atoms with Crippen molar-refractivity contribution < 1.29 is 14.3 Å². The zero-order valence-corrected chi connectivity index (χ0v) is 18.5. The van der Waals surface area contributed by atoms with E-state index >= 15 is 0 Å². The third-order valence-corrected chi connectivity index (χ3v) is 5.57. The molecule has 0 saturated carbocycles. The summed E-state index contributed by atoms with van der Waals surface area (Å²) < 4.78 is 12.4. The quantitative estimate of drug-likeness (QED) is 0.519. The Kier molecular flexibility index (Phi) is 7.24. The number of hydrogen-bond acceptors (Lipinski definition) is 4. The van der Waals surface area contributed by atoms with Crippen molar-refractivity contribution in [2.75, 3.05) is 19.5 Å². The number of carbonyl (C=O) groups is 1. The average Bonchev–Trinajstić information content (AvgIpc) is 3.08. The van der Waals surface area contributed by atoms with Crippen LogP contribution < -0.4 is 14.8 Å². The van der Waals surface area contributed by atoms with Crippen LogP contribution in [0.25, 0.3) is 0 Å². The van der Waals surface area contributed by atoms with E-state index in [9.17, 15) is 4.79 Å². The first kappa shape index (κ1) is 22.0. The number of benzene rings is 2. The van der Waals surface area contributed by atoms with E-state index in [-0.39, 0.29) is 12.3 Å². The maximum absolute atomic E-state index is 12.6. The molecule has 1 heterocycles. The van der Waals surface area contributed by atoms with Gasteiger partial charge in [0.1, 0.15) is 5.82 Å². The smallest absolute Gasteiger partial charge is 0.225 e. The van der Waals surface area contributed by atoms with Gasteiger partial charge < -0.3 is 14.8 Å². The Morgan fingerprint density at radius 2 is 1.90 bits per heavy atom. The number of nitrogens with one attached hydrogen (secondary N) is 1. The third-order valence-electron chi connectivity index (χ3n) is 4.71. The SMILES string of the molecule is COc1ccc(Cn2ncc(C)c2NC(=O)CCc2cccc(Cl)c2Cl)cc1OC. The van der Waals surface area contributed by atoms with Crippen LogP contribution in [-0.4, -0.2) is 29.9 Å². The topological polar surface area (TPSA) is 65.4 Å². The Morgan fingerprint density at radius 1 is 1.13 bits per heavy atom. The van der Waals surface area contributed by atoms with E-state index in [1.807, 2.05) is 37.3 Å². The normalized spacial score (nSPS) is 10.7. The lowest BCUT2D eigenvalue weighted by molar-refractivity contribution is -0.116. The van der Waals surface area contributed by atoms with E-state index in [1.54, 1.807) is 31.2 Å². The van der Waals surface area contributed by atoms with Crippen LogP contribution >= 0.6 is 23.2 Å².